The lowest BCUT2D eigenvalue weighted by atomic mass is 10.0. The van der Waals surface area contributed by atoms with Gasteiger partial charge in [0.2, 0.25) is 5.91 Å². The molecule has 4 aromatic carbocycles. The number of carbonyl (C=O) groups is 2. The fourth-order valence-electron chi connectivity index (χ4n) is 3.45. The van der Waals surface area contributed by atoms with Crippen molar-refractivity contribution in [1.29, 1.82) is 0 Å². The van der Waals surface area contributed by atoms with Gasteiger partial charge < -0.3 is 15.4 Å². The van der Waals surface area contributed by atoms with Gasteiger partial charge in [0.25, 0.3) is 5.91 Å². The Morgan fingerprint density at radius 2 is 1.61 bits per heavy atom. The molecule has 0 bridgehead atoms. The van der Waals surface area contributed by atoms with Crippen molar-refractivity contribution in [2.24, 2.45) is 0 Å². The summed E-state index contributed by atoms with van der Waals surface area (Å²) in [7, 11) is 1.63. The van der Waals surface area contributed by atoms with E-state index in [9.17, 15) is 9.59 Å². The van der Waals surface area contributed by atoms with Gasteiger partial charge in [-0.15, -0.1) is 0 Å². The number of nitrogens with one attached hydrogen (secondary N) is 2. The second kappa shape index (κ2) is 10.2. The highest BCUT2D eigenvalue weighted by molar-refractivity contribution is 7.99. The van der Waals surface area contributed by atoms with Crippen molar-refractivity contribution in [1.82, 2.24) is 5.32 Å². The molecule has 166 valence electrons. The number of para-hydroxylation sites is 1. The Bertz CT molecular complexity index is 1300. The summed E-state index contributed by atoms with van der Waals surface area (Å²) in [5, 5.41) is 7.60. The SMILES string of the molecule is COc1cccc(Sc2ccccc2NC(=O)C(C)NC(=O)c2cccc3ccccc23)c1. The van der Waals surface area contributed by atoms with Gasteiger partial charge in [0.1, 0.15) is 11.8 Å². The van der Waals surface area contributed by atoms with Crippen molar-refractivity contribution in [3.8, 4) is 5.75 Å². The number of benzene rings is 4. The molecule has 2 N–H and O–H groups in total. The minimum Gasteiger partial charge on any atom is -0.497 e. The van der Waals surface area contributed by atoms with Gasteiger partial charge in [-0.05, 0) is 54.1 Å². The predicted molar refractivity (Wildman–Crippen MR) is 133 cm³/mol. The molecule has 0 fully saturated rings. The number of methoxy groups -OCH3 is 1. The lowest BCUT2D eigenvalue weighted by Crippen LogP contribution is -2.41. The lowest BCUT2D eigenvalue weighted by molar-refractivity contribution is -0.117. The molecule has 0 spiro atoms. The topological polar surface area (TPSA) is 67.4 Å². The number of anilines is 1. The van der Waals surface area contributed by atoms with Crippen molar-refractivity contribution < 1.29 is 14.3 Å². The quantitative estimate of drug-likeness (QED) is 0.371. The second-order valence-electron chi connectivity index (χ2n) is 7.49. The number of fused-ring (bicyclic) bond motifs is 1. The number of amides is 2. The van der Waals surface area contributed by atoms with Crippen molar-refractivity contribution in [3.05, 3.63) is 96.6 Å². The van der Waals surface area contributed by atoms with Gasteiger partial charge in [-0.3, -0.25) is 9.59 Å². The van der Waals surface area contributed by atoms with Crippen LogP contribution in [0, 0.1) is 0 Å². The van der Waals surface area contributed by atoms with Crippen LogP contribution in [0.25, 0.3) is 10.8 Å². The molecule has 0 saturated carbocycles. The molecular weight excluding hydrogens is 432 g/mol. The van der Waals surface area contributed by atoms with Crippen LogP contribution in [0.4, 0.5) is 5.69 Å². The standard InChI is InChI=1S/C27H24N2O3S/c1-18(28-27(31)23-14-7-10-19-9-3-4-13-22(19)23)26(30)29-24-15-5-6-16-25(24)33-21-12-8-11-20(17-21)32-2/h3-18H,1-2H3,(H,28,31)(H,29,30). The zero-order chi connectivity index (χ0) is 23.2. The molecule has 0 saturated heterocycles. The van der Waals surface area contributed by atoms with Crippen LogP contribution in [-0.2, 0) is 4.79 Å². The van der Waals surface area contributed by atoms with Gasteiger partial charge in [0, 0.05) is 15.4 Å². The molecule has 2 amide bonds. The van der Waals surface area contributed by atoms with Crippen molar-refractivity contribution in [3.63, 3.8) is 0 Å². The third-order valence-corrected chi connectivity index (χ3v) is 6.25. The van der Waals surface area contributed by atoms with Gasteiger partial charge in [-0.1, -0.05) is 66.4 Å². The minimum absolute atomic E-state index is 0.284. The Hall–Kier alpha value is -3.77. The van der Waals surface area contributed by atoms with E-state index in [1.54, 1.807) is 20.1 Å². The molecule has 4 rings (SSSR count). The Morgan fingerprint density at radius 3 is 2.45 bits per heavy atom. The molecule has 5 nitrogen and oxygen atoms in total. The lowest BCUT2D eigenvalue weighted by Gasteiger charge is -2.17. The van der Waals surface area contributed by atoms with Crippen molar-refractivity contribution >= 4 is 40.0 Å². The number of carbonyl (C=O) groups excluding carboxylic acids is 2. The summed E-state index contributed by atoms with van der Waals surface area (Å²) in [6.07, 6.45) is 0. The van der Waals surface area contributed by atoms with E-state index in [0.29, 0.717) is 11.3 Å². The largest absolute Gasteiger partial charge is 0.497 e. The van der Waals surface area contributed by atoms with E-state index < -0.39 is 6.04 Å². The number of rotatable bonds is 7. The first-order chi connectivity index (χ1) is 16.0. The Morgan fingerprint density at radius 1 is 0.879 bits per heavy atom. The summed E-state index contributed by atoms with van der Waals surface area (Å²) in [5.41, 5.74) is 1.23. The molecule has 6 heteroatoms. The van der Waals surface area contributed by atoms with E-state index in [1.807, 2.05) is 84.9 Å². The third kappa shape index (κ3) is 5.35. The molecule has 0 aliphatic carbocycles. The second-order valence-corrected chi connectivity index (χ2v) is 8.60. The van der Waals surface area contributed by atoms with Crippen LogP contribution in [0.15, 0.2) is 101 Å². The smallest absolute Gasteiger partial charge is 0.252 e. The first-order valence-corrected chi connectivity index (χ1v) is 11.4. The first-order valence-electron chi connectivity index (χ1n) is 10.6. The monoisotopic (exact) mass is 456 g/mol. The summed E-state index contributed by atoms with van der Waals surface area (Å²) in [4.78, 5) is 27.7. The van der Waals surface area contributed by atoms with Crippen LogP contribution in [0.5, 0.6) is 5.75 Å². The zero-order valence-corrected chi connectivity index (χ0v) is 19.2. The Balaban J connectivity index is 1.46. The molecule has 0 aromatic heterocycles. The Kier molecular flexibility index (Phi) is 6.95. The fourth-order valence-corrected chi connectivity index (χ4v) is 4.41. The Labute approximate surface area is 197 Å². The number of hydrogen-bond acceptors (Lipinski definition) is 4. The summed E-state index contributed by atoms with van der Waals surface area (Å²) >= 11 is 1.53. The maximum atomic E-state index is 12.9. The van der Waals surface area contributed by atoms with Crippen LogP contribution >= 0.6 is 11.8 Å². The predicted octanol–water partition coefficient (Wildman–Crippen LogP) is 5.76. The fraction of sp³-hybridized carbons (Fsp3) is 0.111. The van der Waals surface area contributed by atoms with E-state index in [1.165, 1.54) is 11.8 Å². The minimum atomic E-state index is -0.716. The summed E-state index contributed by atoms with van der Waals surface area (Å²) in [5.74, 6) is 0.196. The average molecular weight is 457 g/mol. The molecule has 1 atom stereocenters. The highest BCUT2D eigenvalue weighted by Crippen LogP contribution is 2.34. The highest BCUT2D eigenvalue weighted by Gasteiger charge is 2.19. The van der Waals surface area contributed by atoms with Crippen LogP contribution in [0.3, 0.4) is 0 Å². The van der Waals surface area contributed by atoms with Gasteiger partial charge in [-0.2, -0.15) is 0 Å². The van der Waals surface area contributed by atoms with E-state index in [0.717, 1.165) is 26.3 Å². The van der Waals surface area contributed by atoms with Crippen LogP contribution < -0.4 is 15.4 Å². The summed E-state index contributed by atoms with van der Waals surface area (Å²) in [6, 6.07) is 27.8. The zero-order valence-electron chi connectivity index (χ0n) is 18.4. The van der Waals surface area contributed by atoms with Gasteiger partial charge in [0.05, 0.1) is 12.8 Å². The van der Waals surface area contributed by atoms with Gasteiger partial charge >= 0.3 is 0 Å². The van der Waals surface area contributed by atoms with Crippen LogP contribution in [0.2, 0.25) is 0 Å². The average Bonchev–Trinajstić information content (AvgIpc) is 2.84. The molecule has 0 aliphatic rings. The number of ether oxygens (including phenoxy) is 1. The van der Waals surface area contributed by atoms with E-state index in [2.05, 4.69) is 10.6 Å². The number of hydrogen-bond donors (Lipinski definition) is 2. The van der Waals surface area contributed by atoms with E-state index in [-0.39, 0.29) is 11.8 Å². The maximum absolute atomic E-state index is 12.9. The van der Waals surface area contributed by atoms with Crippen LogP contribution in [0.1, 0.15) is 17.3 Å². The van der Waals surface area contributed by atoms with E-state index in [4.69, 9.17) is 4.74 Å². The summed E-state index contributed by atoms with van der Waals surface area (Å²) in [6.45, 7) is 1.68. The molecule has 0 heterocycles. The normalized spacial score (nSPS) is 11.6. The highest BCUT2D eigenvalue weighted by atomic mass is 32.2. The van der Waals surface area contributed by atoms with Crippen molar-refractivity contribution in [2.75, 3.05) is 12.4 Å². The molecule has 33 heavy (non-hydrogen) atoms. The first kappa shape index (κ1) is 22.4. The van der Waals surface area contributed by atoms with Crippen LogP contribution in [-0.4, -0.2) is 25.0 Å². The molecule has 4 aromatic rings. The van der Waals surface area contributed by atoms with Crippen molar-refractivity contribution in [2.45, 2.75) is 22.8 Å². The maximum Gasteiger partial charge on any atom is 0.252 e. The molecular formula is C27H24N2O3S. The van der Waals surface area contributed by atoms with E-state index >= 15 is 0 Å². The van der Waals surface area contributed by atoms with Gasteiger partial charge in [0.15, 0.2) is 0 Å². The molecule has 0 radical (unpaired) electrons. The molecule has 1 unspecified atom stereocenters. The van der Waals surface area contributed by atoms with Gasteiger partial charge in [-0.25, -0.2) is 0 Å². The third-order valence-electron chi connectivity index (χ3n) is 5.19. The molecule has 0 aliphatic heterocycles. The summed E-state index contributed by atoms with van der Waals surface area (Å²) < 4.78 is 5.30.